The fourth-order valence-electron chi connectivity index (χ4n) is 3.05. The second-order valence-corrected chi connectivity index (χ2v) is 9.66. The first-order chi connectivity index (χ1) is 21.8. The zero-order valence-corrected chi connectivity index (χ0v) is 22.7. The molecule has 1 unspecified atom stereocenters. The average Bonchev–Trinajstić information content (AvgIpc) is 2.89. The Morgan fingerprint density at radius 2 is 0.538 bits per heavy atom. The van der Waals surface area contributed by atoms with Gasteiger partial charge < -0.3 is 4.74 Å². The van der Waals surface area contributed by atoms with Gasteiger partial charge in [0.15, 0.2) is 0 Å². The summed E-state index contributed by atoms with van der Waals surface area (Å²) in [5.74, 6) is -111. The van der Waals surface area contributed by atoms with Crippen molar-refractivity contribution in [1.29, 1.82) is 0 Å². The summed E-state index contributed by atoms with van der Waals surface area (Å²) in [4.78, 5) is 11.3. The van der Waals surface area contributed by atoms with Crippen LogP contribution in [0, 0.1) is 0 Å². The van der Waals surface area contributed by atoms with Gasteiger partial charge in [-0.1, -0.05) is 6.58 Å². The molecular weight excluding hydrogens is 849 g/mol. The third-order valence-electron chi connectivity index (χ3n) is 6.12. The van der Waals surface area contributed by atoms with E-state index in [-0.39, 0.29) is 6.92 Å². The standard InChI is InChI=1S/C19H5F31O2/c1-3(2)4(51)52-16(41,5(20,17(42,43)44)18(45,46)47)14(37,38)12(33,34)10(29,30)8(25,26)6(21,22)7(23,24)9(27,28)11(31,32)13(35,36)15(39,40)19(48,49)50/h1H2,2H3. The molecule has 0 aliphatic rings. The second-order valence-electron chi connectivity index (χ2n) is 9.66. The number of esters is 1. The van der Waals surface area contributed by atoms with E-state index < -0.39 is 101 Å². The number of hydrogen-bond donors (Lipinski definition) is 0. The monoisotopic (exact) mass is 854 g/mol. The molecule has 33 heteroatoms. The molecule has 0 amide bonds. The molecule has 0 N–H and O–H groups in total. The summed E-state index contributed by atoms with van der Waals surface area (Å²) >= 11 is 0. The molecular formula is C19H5F31O2. The van der Waals surface area contributed by atoms with Gasteiger partial charge in [-0.3, -0.25) is 0 Å². The van der Waals surface area contributed by atoms with Gasteiger partial charge in [-0.2, -0.15) is 132 Å². The quantitative estimate of drug-likeness (QED) is 0.105. The largest absolute Gasteiger partial charge is 0.460 e. The first-order valence-corrected chi connectivity index (χ1v) is 11.1. The minimum Gasteiger partial charge on any atom is -0.415 e. The van der Waals surface area contributed by atoms with Crippen molar-refractivity contribution in [2.24, 2.45) is 0 Å². The van der Waals surface area contributed by atoms with Crippen molar-refractivity contribution in [2.75, 3.05) is 0 Å². The number of carbonyl (C=O) groups excluding carboxylic acids is 1. The van der Waals surface area contributed by atoms with Gasteiger partial charge in [-0.05, 0) is 6.92 Å². The van der Waals surface area contributed by atoms with Gasteiger partial charge in [0.1, 0.15) is 0 Å². The van der Waals surface area contributed by atoms with E-state index >= 15 is 0 Å². The number of rotatable bonds is 13. The molecule has 310 valence electrons. The molecule has 0 saturated heterocycles. The minimum absolute atomic E-state index is 0.254. The summed E-state index contributed by atoms with van der Waals surface area (Å²) in [5.41, 5.74) is -11.4. The van der Waals surface area contributed by atoms with E-state index in [0.717, 1.165) is 0 Å². The summed E-state index contributed by atoms with van der Waals surface area (Å²) in [5, 5.41) is 0. The van der Waals surface area contributed by atoms with E-state index in [1.165, 1.54) is 0 Å². The summed E-state index contributed by atoms with van der Waals surface area (Å²) in [6, 6.07) is 0. The normalized spacial score (nSPS) is 17.5. The van der Waals surface area contributed by atoms with Gasteiger partial charge in [0.2, 0.25) is 0 Å². The summed E-state index contributed by atoms with van der Waals surface area (Å²) in [6.07, 6.45) is -25.9. The molecule has 0 aliphatic carbocycles. The smallest absolute Gasteiger partial charge is 0.415 e. The second kappa shape index (κ2) is 12.0. The maximum atomic E-state index is 14.9. The molecule has 0 aromatic heterocycles. The van der Waals surface area contributed by atoms with Crippen molar-refractivity contribution in [3.8, 4) is 0 Å². The van der Waals surface area contributed by atoms with Gasteiger partial charge in [-0.25, -0.2) is 9.18 Å². The highest BCUT2D eigenvalue weighted by molar-refractivity contribution is 5.87. The molecule has 0 aliphatic heterocycles. The SMILES string of the molecule is C=C(C)C(=O)OC(F)(C(F)(F)C(F)(F)C(F)(F)C(F)(F)C(F)(F)C(F)(F)C(F)(F)C(F)(F)C(F)(F)C(F)(F)C(F)(F)F)C(F)(C(F)(F)F)C(F)(F)F. The number of carbonyl (C=O) groups is 1. The van der Waals surface area contributed by atoms with Crippen LogP contribution in [0.25, 0.3) is 0 Å². The van der Waals surface area contributed by atoms with Crippen LogP contribution in [0.2, 0.25) is 0 Å². The number of ether oxygens (including phenoxy) is 1. The highest BCUT2D eigenvalue weighted by Gasteiger charge is 3.02. The molecule has 0 fully saturated rings. The molecule has 0 rings (SSSR count). The lowest BCUT2D eigenvalue weighted by molar-refractivity contribution is -0.498. The predicted octanol–water partition coefficient (Wildman–Crippen LogP) is 10.5. The Balaban J connectivity index is 8.16. The van der Waals surface area contributed by atoms with Crippen LogP contribution in [0.15, 0.2) is 12.2 Å². The molecule has 1 atom stereocenters. The van der Waals surface area contributed by atoms with Crippen LogP contribution in [0.1, 0.15) is 6.92 Å². The Hall–Kier alpha value is -2.96. The van der Waals surface area contributed by atoms with Gasteiger partial charge in [0.25, 0.3) is 0 Å². The minimum atomic E-state index is -10.2. The predicted molar refractivity (Wildman–Crippen MR) is 96.2 cm³/mol. The van der Waals surface area contributed by atoms with Crippen LogP contribution in [-0.4, -0.2) is 95.2 Å². The van der Waals surface area contributed by atoms with Crippen molar-refractivity contribution in [3.63, 3.8) is 0 Å². The Labute approximate surface area is 261 Å². The van der Waals surface area contributed by atoms with E-state index in [1.807, 2.05) is 11.3 Å². The molecule has 52 heavy (non-hydrogen) atoms. The maximum Gasteiger partial charge on any atom is 0.460 e. The average molecular weight is 854 g/mol. The molecule has 0 bridgehead atoms. The van der Waals surface area contributed by atoms with Crippen molar-refractivity contribution < 1.29 is 146 Å². The van der Waals surface area contributed by atoms with Crippen molar-refractivity contribution in [3.05, 3.63) is 12.2 Å². The summed E-state index contributed by atoms with van der Waals surface area (Å²) in [6.45, 7) is 1.77. The van der Waals surface area contributed by atoms with Crippen molar-refractivity contribution in [2.45, 2.75) is 96.2 Å². The van der Waals surface area contributed by atoms with Crippen molar-refractivity contribution >= 4 is 5.97 Å². The maximum absolute atomic E-state index is 14.9. The van der Waals surface area contributed by atoms with Crippen LogP contribution in [0.5, 0.6) is 0 Å². The Morgan fingerprint density at radius 3 is 0.712 bits per heavy atom. The zero-order valence-electron chi connectivity index (χ0n) is 22.7. The first kappa shape index (κ1) is 49.0. The van der Waals surface area contributed by atoms with Crippen LogP contribution in [0.3, 0.4) is 0 Å². The van der Waals surface area contributed by atoms with Gasteiger partial charge in [0.05, 0.1) is 0 Å². The van der Waals surface area contributed by atoms with E-state index in [0.29, 0.717) is 0 Å². The van der Waals surface area contributed by atoms with Gasteiger partial charge >= 0.3 is 95.2 Å². The first-order valence-electron chi connectivity index (χ1n) is 11.1. The van der Waals surface area contributed by atoms with Crippen LogP contribution in [-0.2, 0) is 9.53 Å². The molecule has 2 nitrogen and oxygen atoms in total. The van der Waals surface area contributed by atoms with Crippen LogP contribution >= 0.6 is 0 Å². The Morgan fingerprint density at radius 1 is 0.346 bits per heavy atom. The fourth-order valence-corrected chi connectivity index (χ4v) is 3.05. The summed E-state index contributed by atoms with van der Waals surface area (Å²) in [7, 11) is 0. The number of hydrogen-bond acceptors (Lipinski definition) is 2. The number of halogens is 31. The van der Waals surface area contributed by atoms with Crippen LogP contribution in [0.4, 0.5) is 136 Å². The third-order valence-corrected chi connectivity index (χ3v) is 6.12. The van der Waals surface area contributed by atoms with E-state index in [4.69, 9.17) is 0 Å². The molecule has 0 radical (unpaired) electrons. The molecule has 0 saturated carbocycles. The molecule has 0 spiro atoms. The van der Waals surface area contributed by atoms with E-state index in [2.05, 4.69) is 0 Å². The number of alkyl halides is 31. The lowest BCUT2D eigenvalue weighted by atomic mass is 9.80. The highest BCUT2D eigenvalue weighted by atomic mass is 19.4. The van der Waals surface area contributed by atoms with Gasteiger partial charge in [0, 0.05) is 5.57 Å². The van der Waals surface area contributed by atoms with E-state index in [9.17, 15) is 141 Å². The molecule has 0 aromatic rings. The lowest BCUT2D eigenvalue weighted by Crippen LogP contribution is -2.81. The Bertz CT molecular complexity index is 1350. The topological polar surface area (TPSA) is 26.3 Å². The Kier molecular flexibility index (Phi) is 11.3. The molecule has 0 heterocycles. The van der Waals surface area contributed by atoms with Gasteiger partial charge in [-0.15, -0.1) is 0 Å². The van der Waals surface area contributed by atoms with Crippen molar-refractivity contribution in [1.82, 2.24) is 0 Å². The van der Waals surface area contributed by atoms with E-state index in [1.54, 1.807) is 0 Å². The fraction of sp³-hybridized carbons (Fsp3) is 0.842. The third kappa shape index (κ3) is 5.72. The summed E-state index contributed by atoms with van der Waals surface area (Å²) < 4.78 is 421. The molecule has 0 aromatic carbocycles. The highest BCUT2D eigenvalue weighted by Crippen LogP contribution is 2.70. The zero-order chi connectivity index (χ0) is 43.4. The lowest BCUT2D eigenvalue weighted by Gasteiger charge is -2.48. The van der Waals surface area contributed by atoms with Crippen LogP contribution < -0.4 is 0 Å².